The topological polar surface area (TPSA) is 79.8 Å². The van der Waals surface area contributed by atoms with E-state index in [1.54, 1.807) is 19.2 Å². The van der Waals surface area contributed by atoms with Crippen LogP contribution in [0.4, 0.5) is 5.69 Å². The number of hydrogen-bond donors (Lipinski definition) is 2. The van der Waals surface area contributed by atoms with Gasteiger partial charge in [-0.1, -0.05) is 12.1 Å². The Bertz CT molecular complexity index is 798. The van der Waals surface area contributed by atoms with Crippen molar-refractivity contribution >= 4 is 23.7 Å². The molecule has 0 heterocycles. The number of carbonyl (C=O) groups excluding carboxylic acids is 2. The maximum absolute atomic E-state index is 12.0. The van der Waals surface area contributed by atoms with Crippen molar-refractivity contribution in [2.24, 2.45) is 5.10 Å². The number of nitrogens with zero attached hydrogens (tertiary/aromatic N) is 1. The van der Waals surface area contributed by atoms with Gasteiger partial charge < -0.3 is 10.1 Å². The van der Waals surface area contributed by atoms with Crippen LogP contribution in [0.25, 0.3) is 0 Å². The Balaban J connectivity index is 1.76. The summed E-state index contributed by atoms with van der Waals surface area (Å²) in [4.78, 5) is 23.8. The van der Waals surface area contributed by atoms with Crippen LogP contribution in [0, 0.1) is 13.8 Å². The number of hydrogen-bond acceptors (Lipinski definition) is 4. The van der Waals surface area contributed by atoms with Crippen molar-refractivity contribution in [3.8, 4) is 5.75 Å². The minimum absolute atomic E-state index is 0.0661. The number of amides is 2. The minimum Gasteiger partial charge on any atom is -0.497 e. The Morgan fingerprint density at radius 1 is 1.04 bits per heavy atom. The predicted octanol–water partition coefficient (Wildman–Crippen LogP) is 3.18. The third-order valence-corrected chi connectivity index (χ3v) is 3.98. The van der Waals surface area contributed by atoms with E-state index < -0.39 is 0 Å². The first kappa shape index (κ1) is 19.2. The second-order valence-electron chi connectivity index (χ2n) is 5.86. The fraction of sp³-hybridized carbons (Fsp3) is 0.250. The van der Waals surface area contributed by atoms with Gasteiger partial charge in [0.2, 0.25) is 11.8 Å². The first-order chi connectivity index (χ1) is 12.5. The summed E-state index contributed by atoms with van der Waals surface area (Å²) in [7, 11) is 1.60. The molecular formula is C20H23N3O3. The van der Waals surface area contributed by atoms with Crippen molar-refractivity contribution in [1.82, 2.24) is 5.43 Å². The summed E-state index contributed by atoms with van der Waals surface area (Å²) in [6.07, 6.45) is 1.70. The number of anilines is 1. The number of methoxy groups -OCH3 is 1. The molecule has 0 aliphatic rings. The lowest BCUT2D eigenvalue weighted by Crippen LogP contribution is -2.21. The van der Waals surface area contributed by atoms with Gasteiger partial charge in [-0.3, -0.25) is 9.59 Å². The molecule has 0 aromatic heterocycles. The third-order valence-electron chi connectivity index (χ3n) is 3.98. The van der Waals surface area contributed by atoms with Gasteiger partial charge in [-0.25, -0.2) is 5.43 Å². The lowest BCUT2D eigenvalue weighted by Gasteiger charge is -2.10. The smallest absolute Gasteiger partial charge is 0.240 e. The van der Waals surface area contributed by atoms with Crippen LogP contribution in [-0.4, -0.2) is 25.1 Å². The lowest BCUT2D eigenvalue weighted by molar-refractivity contribution is -0.124. The van der Waals surface area contributed by atoms with E-state index in [1.165, 1.54) is 6.21 Å². The van der Waals surface area contributed by atoms with Gasteiger partial charge in [-0.2, -0.15) is 5.10 Å². The highest BCUT2D eigenvalue weighted by atomic mass is 16.5. The molecule has 6 nitrogen and oxygen atoms in total. The highest BCUT2D eigenvalue weighted by Gasteiger charge is 2.08. The molecule has 0 unspecified atom stereocenters. The van der Waals surface area contributed by atoms with Gasteiger partial charge in [0.05, 0.1) is 13.3 Å². The van der Waals surface area contributed by atoms with Crippen LogP contribution >= 0.6 is 0 Å². The Labute approximate surface area is 153 Å². The van der Waals surface area contributed by atoms with Crippen molar-refractivity contribution in [2.75, 3.05) is 12.4 Å². The van der Waals surface area contributed by atoms with Gasteiger partial charge >= 0.3 is 0 Å². The quantitative estimate of drug-likeness (QED) is 0.593. The normalized spacial score (nSPS) is 10.6. The maximum Gasteiger partial charge on any atom is 0.240 e. The number of rotatable bonds is 7. The molecule has 0 aliphatic carbocycles. The van der Waals surface area contributed by atoms with Gasteiger partial charge in [-0.15, -0.1) is 0 Å². The molecule has 2 N–H and O–H groups in total. The van der Waals surface area contributed by atoms with E-state index >= 15 is 0 Å². The zero-order valence-corrected chi connectivity index (χ0v) is 15.2. The van der Waals surface area contributed by atoms with Gasteiger partial charge in [0.1, 0.15) is 5.75 Å². The molecular weight excluding hydrogens is 330 g/mol. The summed E-state index contributed by atoms with van der Waals surface area (Å²) < 4.78 is 5.07. The van der Waals surface area contributed by atoms with Crippen molar-refractivity contribution in [3.05, 3.63) is 59.2 Å². The highest BCUT2D eigenvalue weighted by molar-refractivity contribution is 5.94. The summed E-state index contributed by atoms with van der Waals surface area (Å²) in [6.45, 7) is 3.94. The summed E-state index contributed by atoms with van der Waals surface area (Å²) in [5, 5.41) is 6.72. The van der Waals surface area contributed by atoms with Gasteiger partial charge in [0.15, 0.2) is 0 Å². The van der Waals surface area contributed by atoms with Gasteiger partial charge in [0, 0.05) is 18.5 Å². The number of ether oxygens (including phenoxy) is 1. The Kier molecular flexibility index (Phi) is 6.91. The van der Waals surface area contributed by atoms with Crippen LogP contribution in [-0.2, 0) is 9.59 Å². The van der Waals surface area contributed by atoms with E-state index in [9.17, 15) is 9.59 Å². The van der Waals surface area contributed by atoms with Crippen molar-refractivity contribution in [1.29, 1.82) is 0 Å². The molecule has 26 heavy (non-hydrogen) atoms. The standard InChI is InChI=1S/C20H23N3O3/c1-14-5-4-6-18(15(14)2)22-19(24)11-12-20(25)23-21-13-16-7-9-17(26-3)10-8-16/h4-10,13H,11-12H2,1-3H3,(H,22,24)(H,23,25)/b21-13-. The van der Waals surface area contributed by atoms with Crippen LogP contribution < -0.4 is 15.5 Å². The first-order valence-electron chi connectivity index (χ1n) is 8.31. The summed E-state index contributed by atoms with van der Waals surface area (Å²) in [5.41, 5.74) is 6.15. The fourth-order valence-electron chi connectivity index (χ4n) is 2.25. The van der Waals surface area contributed by atoms with Crippen molar-refractivity contribution < 1.29 is 14.3 Å². The summed E-state index contributed by atoms with van der Waals surface area (Å²) in [6, 6.07) is 13.0. The molecule has 2 amide bonds. The molecule has 0 spiro atoms. The molecule has 0 bridgehead atoms. The van der Waals surface area contributed by atoms with Gasteiger partial charge in [0.25, 0.3) is 0 Å². The van der Waals surface area contributed by atoms with Gasteiger partial charge in [-0.05, 0) is 60.9 Å². The number of hydrazone groups is 1. The number of benzene rings is 2. The molecule has 0 fully saturated rings. The van der Waals surface area contributed by atoms with E-state index in [0.29, 0.717) is 0 Å². The first-order valence-corrected chi connectivity index (χ1v) is 8.31. The van der Waals surface area contributed by atoms with E-state index in [-0.39, 0.29) is 24.7 Å². The third kappa shape index (κ3) is 5.73. The molecule has 0 aliphatic heterocycles. The number of carbonyl (C=O) groups is 2. The second-order valence-corrected chi connectivity index (χ2v) is 5.86. The predicted molar refractivity (Wildman–Crippen MR) is 103 cm³/mol. The molecule has 2 aromatic carbocycles. The second kappa shape index (κ2) is 9.36. The molecule has 2 aromatic rings. The number of nitrogens with one attached hydrogen (secondary N) is 2. The molecule has 0 saturated heterocycles. The Morgan fingerprint density at radius 2 is 1.73 bits per heavy atom. The SMILES string of the molecule is COc1ccc(/C=N\NC(=O)CCC(=O)Nc2cccc(C)c2C)cc1. The average molecular weight is 353 g/mol. The van der Waals surface area contributed by atoms with Crippen LogP contribution in [0.5, 0.6) is 5.75 Å². The molecule has 0 atom stereocenters. The van der Waals surface area contributed by atoms with Crippen molar-refractivity contribution in [3.63, 3.8) is 0 Å². The molecule has 136 valence electrons. The molecule has 2 rings (SSSR count). The zero-order valence-electron chi connectivity index (χ0n) is 15.2. The Hall–Kier alpha value is -3.15. The van der Waals surface area contributed by atoms with Crippen LogP contribution in [0.2, 0.25) is 0 Å². The number of aryl methyl sites for hydroxylation is 1. The Morgan fingerprint density at radius 3 is 2.42 bits per heavy atom. The van der Waals surface area contributed by atoms with Crippen LogP contribution in [0.15, 0.2) is 47.6 Å². The van der Waals surface area contributed by atoms with E-state index in [2.05, 4.69) is 15.8 Å². The molecule has 0 radical (unpaired) electrons. The lowest BCUT2D eigenvalue weighted by atomic mass is 10.1. The zero-order chi connectivity index (χ0) is 18.9. The van der Waals surface area contributed by atoms with Crippen LogP contribution in [0.1, 0.15) is 29.5 Å². The fourth-order valence-corrected chi connectivity index (χ4v) is 2.25. The highest BCUT2D eigenvalue weighted by Crippen LogP contribution is 2.18. The summed E-state index contributed by atoms with van der Waals surface area (Å²) >= 11 is 0. The van der Waals surface area contributed by atoms with Crippen molar-refractivity contribution in [2.45, 2.75) is 26.7 Å². The minimum atomic E-state index is -0.314. The maximum atomic E-state index is 12.0. The molecule has 6 heteroatoms. The summed E-state index contributed by atoms with van der Waals surface area (Å²) in [5.74, 6) is 0.236. The van der Waals surface area contributed by atoms with E-state index in [1.807, 2.05) is 44.2 Å². The molecule has 0 saturated carbocycles. The average Bonchev–Trinajstić information content (AvgIpc) is 2.64. The largest absolute Gasteiger partial charge is 0.497 e. The van der Waals surface area contributed by atoms with E-state index in [0.717, 1.165) is 28.1 Å². The van der Waals surface area contributed by atoms with E-state index in [4.69, 9.17) is 4.74 Å². The van der Waals surface area contributed by atoms with Crippen LogP contribution in [0.3, 0.4) is 0 Å². The monoisotopic (exact) mass is 353 g/mol.